The van der Waals surface area contributed by atoms with E-state index in [0.717, 1.165) is 54.5 Å². The van der Waals surface area contributed by atoms with E-state index in [0.29, 0.717) is 12.4 Å². The molecule has 4 rings (SSSR count). The fraction of sp³-hybridized carbons (Fsp3) is 0.412. The van der Waals surface area contributed by atoms with Crippen LogP contribution in [0.3, 0.4) is 0 Å². The fourth-order valence-corrected chi connectivity index (χ4v) is 3.20. The van der Waals surface area contributed by atoms with E-state index in [1.165, 1.54) is 0 Å². The standard InChI is InChI=1S/C17H20N6O2/c1-12-20-15(21-25-12)10-22-6-8-23(9-7-22)17-16-13(18-11-19-17)4-3-5-14(16)24-2/h3-5,11H,6-10H2,1-2H3. The number of fused-ring (bicyclic) bond motifs is 1. The normalized spacial score (nSPS) is 15.7. The summed E-state index contributed by atoms with van der Waals surface area (Å²) in [4.78, 5) is 17.8. The van der Waals surface area contributed by atoms with Crippen LogP contribution in [0.15, 0.2) is 29.0 Å². The van der Waals surface area contributed by atoms with Gasteiger partial charge in [-0.3, -0.25) is 4.90 Å². The molecule has 1 aliphatic heterocycles. The van der Waals surface area contributed by atoms with Gasteiger partial charge in [-0.05, 0) is 12.1 Å². The third kappa shape index (κ3) is 3.12. The molecule has 0 aliphatic carbocycles. The van der Waals surface area contributed by atoms with Gasteiger partial charge < -0.3 is 14.2 Å². The molecule has 0 amide bonds. The lowest BCUT2D eigenvalue weighted by molar-refractivity contribution is 0.239. The van der Waals surface area contributed by atoms with Crippen molar-refractivity contribution < 1.29 is 9.26 Å². The van der Waals surface area contributed by atoms with E-state index in [-0.39, 0.29) is 0 Å². The van der Waals surface area contributed by atoms with Crippen LogP contribution >= 0.6 is 0 Å². The van der Waals surface area contributed by atoms with Gasteiger partial charge in [0, 0.05) is 33.1 Å². The van der Waals surface area contributed by atoms with E-state index in [2.05, 4.69) is 29.9 Å². The van der Waals surface area contributed by atoms with Gasteiger partial charge in [0.25, 0.3) is 0 Å². The van der Waals surface area contributed by atoms with Crippen molar-refractivity contribution in [2.75, 3.05) is 38.2 Å². The van der Waals surface area contributed by atoms with Crippen molar-refractivity contribution >= 4 is 16.7 Å². The molecule has 0 radical (unpaired) electrons. The van der Waals surface area contributed by atoms with Crippen LogP contribution in [0.2, 0.25) is 0 Å². The van der Waals surface area contributed by atoms with Crippen LogP contribution in [0.5, 0.6) is 5.75 Å². The Kier molecular flexibility index (Phi) is 4.19. The Bertz CT molecular complexity index is 867. The first kappa shape index (κ1) is 15.8. The average Bonchev–Trinajstić information content (AvgIpc) is 3.06. The number of hydrogen-bond acceptors (Lipinski definition) is 8. The Morgan fingerprint density at radius 1 is 1.16 bits per heavy atom. The van der Waals surface area contributed by atoms with E-state index >= 15 is 0 Å². The smallest absolute Gasteiger partial charge is 0.223 e. The SMILES string of the molecule is COc1cccc2ncnc(N3CCN(Cc4noc(C)n4)CC3)c12. The lowest BCUT2D eigenvalue weighted by Crippen LogP contribution is -2.46. The highest BCUT2D eigenvalue weighted by Crippen LogP contribution is 2.32. The summed E-state index contributed by atoms with van der Waals surface area (Å²) in [5, 5.41) is 4.94. The molecule has 130 valence electrons. The number of anilines is 1. The molecular weight excluding hydrogens is 320 g/mol. The van der Waals surface area contributed by atoms with Gasteiger partial charge in [0.05, 0.1) is 24.6 Å². The summed E-state index contributed by atoms with van der Waals surface area (Å²) < 4.78 is 10.6. The van der Waals surface area contributed by atoms with Crippen molar-refractivity contribution in [1.29, 1.82) is 0 Å². The average molecular weight is 340 g/mol. The molecule has 8 heteroatoms. The summed E-state index contributed by atoms with van der Waals surface area (Å²) in [5.74, 6) is 3.07. The molecule has 3 aromatic rings. The van der Waals surface area contributed by atoms with Gasteiger partial charge in [0.1, 0.15) is 17.9 Å². The van der Waals surface area contributed by atoms with E-state index in [4.69, 9.17) is 9.26 Å². The molecule has 0 atom stereocenters. The van der Waals surface area contributed by atoms with Crippen LogP contribution in [0.25, 0.3) is 10.9 Å². The first-order valence-electron chi connectivity index (χ1n) is 8.29. The number of aromatic nitrogens is 4. The Morgan fingerprint density at radius 3 is 2.72 bits per heavy atom. The third-order valence-corrected chi connectivity index (χ3v) is 4.43. The van der Waals surface area contributed by atoms with Gasteiger partial charge in [-0.1, -0.05) is 11.2 Å². The largest absolute Gasteiger partial charge is 0.496 e. The molecule has 0 N–H and O–H groups in total. The molecular formula is C17H20N6O2. The molecule has 1 saturated heterocycles. The third-order valence-electron chi connectivity index (χ3n) is 4.43. The van der Waals surface area contributed by atoms with Gasteiger partial charge in [-0.25, -0.2) is 9.97 Å². The van der Waals surface area contributed by atoms with Gasteiger partial charge in [0.15, 0.2) is 5.82 Å². The van der Waals surface area contributed by atoms with E-state index in [9.17, 15) is 0 Å². The van der Waals surface area contributed by atoms with E-state index in [1.54, 1.807) is 13.4 Å². The Balaban J connectivity index is 1.52. The summed E-state index contributed by atoms with van der Waals surface area (Å²) in [6.07, 6.45) is 1.62. The monoisotopic (exact) mass is 340 g/mol. The predicted molar refractivity (Wildman–Crippen MR) is 92.6 cm³/mol. The zero-order valence-corrected chi connectivity index (χ0v) is 14.3. The van der Waals surface area contributed by atoms with Crippen molar-refractivity contribution in [2.45, 2.75) is 13.5 Å². The first-order chi connectivity index (χ1) is 12.2. The zero-order chi connectivity index (χ0) is 17.2. The fourth-order valence-electron chi connectivity index (χ4n) is 3.20. The summed E-state index contributed by atoms with van der Waals surface area (Å²) in [5.41, 5.74) is 0.897. The molecule has 0 spiro atoms. The van der Waals surface area contributed by atoms with Crippen molar-refractivity contribution in [1.82, 2.24) is 25.0 Å². The number of hydrogen-bond donors (Lipinski definition) is 0. The van der Waals surface area contributed by atoms with Crippen LogP contribution < -0.4 is 9.64 Å². The van der Waals surface area contributed by atoms with E-state index in [1.807, 2.05) is 25.1 Å². The number of piperazine rings is 1. The molecule has 1 aliphatic rings. The van der Waals surface area contributed by atoms with Gasteiger partial charge >= 0.3 is 0 Å². The molecule has 3 heterocycles. The van der Waals surface area contributed by atoms with Gasteiger partial charge in [0.2, 0.25) is 5.89 Å². The summed E-state index contributed by atoms with van der Waals surface area (Å²) in [6.45, 7) is 6.09. The van der Waals surface area contributed by atoms with Crippen LogP contribution in [0.4, 0.5) is 5.82 Å². The molecule has 2 aromatic heterocycles. The first-order valence-corrected chi connectivity index (χ1v) is 8.29. The molecule has 0 saturated carbocycles. The second kappa shape index (κ2) is 6.64. The molecule has 1 aromatic carbocycles. The zero-order valence-electron chi connectivity index (χ0n) is 14.3. The van der Waals surface area contributed by atoms with Crippen molar-refractivity contribution in [3.63, 3.8) is 0 Å². The second-order valence-corrected chi connectivity index (χ2v) is 6.04. The lowest BCUT2D eigenvalue weighted by Gasteiger charge is -2.35. The topological polar surface area (TPSA) is 80.4 Å². The number of aryl methyl sites for hydroxylation is 1. The minimum atomic E-state index is 0.605. The predicted octanol–water partition coefficient (Wildman–Crippen LogP) is 1.65. The van der Waals surface area contributed by atoms with Crippen LogP contribution in [0, 0.1) is 6.92 Å². The number of benzene rings is 1. The number of ether oxygens (including phenoxy) is 1. The minimum Gasteiger partial charge on any atom is -0.496 e. The highest BCUT2D eigenvalue weighted by molar-refractivity contribution is 5.94. The highest BCUT2D eigenvalue weighted by atomic mass is 16.5. The van der Waals surface area contributed by atoms with Crippen molar-refractivity contribution in [2.24, 2.45) is 0 Å². The number of rotatable bonds is 4. The van der Waals surface area contributed by atoms with E-state index < -0.39 is 0 Å². The van der Waals surface area contributed by atoms with Crippen LogP contribution in [0.1, 0.15) is 11.7 Å². The number of nitrogens with zero attached hydrogens (tertiary/aromatic N) is 6. The second-order valence-electron chi connectivity index (χ2n) is 6.04. The Hall–Kier alpha value is -2.74. The van der Waals surface area contributed by atoms with Gasteiger partial charge in [-0.15, -0.1) is 0 Å². The van der Waals surface area contributed by atoms with Crippen LogP contribution in [-0.2, 0) is 6.54 Å². The minimum absolute atomic E-state index is 0.605. The van der Waals surface area contributed by atoms with Crippen LogP contribution in [-0.4, -0.2) is 58.3 Å². The molecule has 0 unspecified atom stereocenters. The highest BCUT2D eigenvalue weighted by Gasteiger charge is 2.22. The maximum absolute atomic E-state index is 5.52. The summed E-state index contributed by atoms with van der Waals surface area (Å²) in [7, 11) is 1.68. The molecule has 8 nitrogen and oxygen atoms in total. The quantitative estimate of drug-likeness (QED) is 0.709. The maximum Gasteiger partial charge on any atom is 0.223 e. The Morgan fingerprint density at radius 2 is 2.00 bits per heavy atom. The molecule has 1 fully saturated rings. The molecule has 0 bridgehead atoms. The molecule has 25 heavy (non-hydrogen) atoms. The summed E-state index contributed by atoms with van der Waals surface area (Å²) in [6, 6.07) is 5.88. The summed E-state index contributed by atoms with van der Waals surface area (Å²) >= 11 is 0. The van der Waals surface area contributed by atoms with Crippen molar-refractivity contribution in [3.05, 3.63) is 36.2 Å². The maximum atomic E-state index is 5.52. The lowest BCUT2D eigenvalue weighted by atomic mass is 10.2. The Labute approximate surface area is 145 Å². The number of methoxy groups -OCH3 is 1. The van der Waals surface area contributed by atoms with Gasteiger partial charge in [-0.2, -0.15) is 4.98 Å². The van der Waals surface area contributed by atoms with Crippen molar-refractivity contribution in [3.8, 4) is 5.75 Å².